The molecule has 0 amide bonds. The normalized spacial score (nSPS) is 13.0. The molecule has 3 rings (SSSR count). The number of benzene rings is 2. The quantitative estimate of drug-likeness (QED) is 0.540. The first-order chi connectivity index (χ1) is 13.8. The molecule has 7 nitrogen and oxygen atoms in total. The summed E-state index contributed by atoms with van der Waals surface area (Å²) in [4.78, 5) is 2.53. The van der Waals surface area contributed by atoms with E-state index in [0.717, 1.165) is 0 Å². The predicted octanol–water partition coefficient (Wildman–Crippen LogP) is 2.56. The Bertz CT molecular complexity index is 1140. The Morgan fingerprint density at radius 3 is 2.21 bits per heavy atom. The lowest BCUT2D eigenvalue weighted by molar-refractivity contribution is 0.414. The van der Waals surface area contributed by atoms with Crippen molar-refractivity contribution in [3.05, 3.63) is 48.7 Å². The first kappa shape index (κ1) is 21.4. The first-order valence-corrected chi connectivity index (χ1v) is 11.7. The summed E-state index contributed by atoms with van der Waals surface area (Å²) >= 11 is 0. The highest BCUT2D eigenvalue weighted by Gasteiger charge is 2.24. The molecule has 156 valence electrons. The maximum atomic E-state index is 13.3. The van der Waals surface area contributed by atoms with Crippen LogP contribution in [-0.4, -0.2) is 62.1 Å². The van der Waals surface area contributed by atoms with E-state index in [1.54, 1.807) is 30.3 Å². The predicted molar refractivity (Wildman–Crippen MR) is 114 cm³/mol. The summed E-state index contributed by atoms with van der Waals surface area (Å²) in [6.45, 7) is 0.620. The van der Waals surface area contributed by atoms with Gasteiger partial charge in [0.2, 0.25) is 0 Å². The van der Waals surface area contributed by atoms with Gasteiger partial charge in [0.1, 0.15) is 11.5 Å². The SMILES string of the molecule is COc1ccc(S(=O)(=O)n2cc(S(=O)CCN(C)C)c3cc(OC)ccc32)cc1. The summed E-state index contributed by atoms with van der Waals surface area (Å²) < 4.78 is 51.1. The fraction of sp³-hybridized carbons (Fsp3) is 0.300. The van der Waals surface area contributed by atoms with Crippen molar-refractivity contribution in [2.45, 2.75) is 9.79 Å². The van der Waals surface area contributed by atoms with Crippen molar-refractivity contribution in [3.8, 4) is 11.5 Å². The average Bonchev–Trinajstić information content (AvgIpc) is 3.11. The van der Waals surface area contributed by atoms with Crippen LogP contribution < -0.4 is 9.47 Å². The molecule has 0 aliphatic heterocycles. The smallest absolute Gasteiger partial charge is 0.268 e. The van der Waals surface area contributed by atoms with Crippen LogP contribution in [0.5, 0.6) is 11.5 Å². The molecule has 0 radical (unpaired) electrons. The molecule has 0 saturated heterocycles. The Hall–Kier alpha value is -2.36. The van der Waals surface area contributed by atoms with Crippen LogP contribution >= 0.6 is 0 Å². The molecule has 1 heterocycles. The number of hydrogen-bond acceptors (Lipinski definition) is 6. The van der Waals surface area contributed by atoms with Crippen LogP contribution in [0.15, 0.2) is 58.5 Å². The molecule has 1 aromatic heterocycles. The summed E-state index contributed by atoms with van der Waals surface area (Å²) in [6, 6.07) is 11.3. The van der Waals surface area contributed by atoms with Gasteiger partial charge in [0.05, 0.1) is 40.3 Å². The molecule has 0 spiro atoms. The average molecular weight is 437 g/mol. The van der Waals surface area contributed by atoms with Crippen LogP contribution in [-0.2, 0) is 20.8 Å². The molecular weight excluding hydrogens is 412 g/mol. The number of nitrogens with zero attached hydrogens (tertiary/aromatic N) is 2. The van der Waals surface area contributed by atoms with Gasteiger partial charge in [-0.25, -0.2) is 12.4 Å². The van der Waals surface area contributed by atoms with Crippen LogP contribution in [0.2, 0.25) is 0 Å². The van der Waals surface area contributed by atoms with Gasteiger partial charge in [-0.3, -0.25) is 4.21 Å². The highest BCUT2D eigenvalue weighted by Crippen LogP contribution is 2.31. The minimum atomic E-state index is -3.88. The standard InChI is InChI=1S/C20H24N2O5S2/c1-21(2)11-12-28(23)20-14-22(19-10-7-16(27-4)13-18(19)20)29(24,25)17-8-5-15(26-3)6-9-17/h5-10,13-14H,11-12H2,1-4H3. The second-order valence-electron chi connectivity index (χ2n) is 6.71. The fourth-order valence-corrected chi connectivity index (χ4v) is 5.71. The Morgan fingerprint density at radius 2 is 1.62 bits per heavy atom. The number of fused-ring (bicyclic) bond motifs is 1. The van der Waals surface area contributed by atoms with Gasteiger partial charge in [-0.1, -0.05) is 0 Å². The minimum absolute atomic E-state index is 0.122. The second kappa shape index (κ2) is 8.56. The van der Waals surface area contributed by atoms with Crippen molar-refractivity contribution in [3.63, 3.8) is 0 Å². The molecule has 1 atom stereocenters. The topological polar surface area (TPSA) is 77.8 Å². The van der Waals surface area contributed by atoms with E-state index >= 15 is 0 Å². The molecule has 2 aromatic carbocycles. The van der Waals surface area contributed by atoms with E-state index in [4.69, 9.17) is 9.47 Å². The molecule has 29 heavy (non-hydrogen) atoms. The summed E-state index contributed by atoms with van der Waals surface area (Å²) in [5, 5.41) is 0.596. The molecule has 0 aliphatic rings. The van der Waals surface area contributed by atoms with E-state index in [9.17, 15) is 12.6 Å². The van der Waals surface area contributed by atoms with Crippen molar-refractivity contribution in [2.24, 2.45) is 0 Å². The Labute approximate surface area is 173 Å². The third-order valence-electron chi connectivity index (χ3n) is 4.53. The van der Waals surface area contributed by atoms with Crippen molar-refractivity contribution in [2.75, 3.05) is 40.6 Å². The Kier molecular flexibility index (Phi) is 6.30. The Morgan fingerprint density at radius 1 is 1.00 bits per heavy atom. The Balaban J connectivity index is 2.15. The van der Waals surface area contributed by atoms with Gasteiger partial charge >= 0.3 is 0 Å². The van der Waals surface area contributed by atoms with E-state index in [1.165, 1.54) is 36.5 Å². The summed E-state index contributed by atoms with van der Waals surface area (Å²) in [7, 11) is 1.61. The van der Waals surface area contributed by atoms with Crippen LogP contribution in [0.3, 0.4) is 0 Å². The number of hydrogen-bond donors (Lipinski definition) is 0. The van der Waals surface area contributed by atoms with Crippen LogP contribution in [0.1, 0.15) is 0 Å². The molecule has 9 heteroatoms. The van der Waals surface area contributed by atoms with E-state index in [-0.39, 0.29) is 4.90 Å². The van der Waals surface area contributed by atoms with Gasteiger partial charge in [0.15, 0.2) is 0 Å². The molecule has 0 fully saturated rings. The zero-order chi connectivity index (χ0) is 21.2. The van der Waals surface area contributed by atoms with Crippen LogP contribution in [0.4, 0.5) is 0 Å². The third-order valence-corrected chi connectivity index (χ3v) is 7.58. The molecule has 0 bridgehead atoms. The molecule has 0 saturated carbocycles. The summed E-state index contributed by atoms with van der Waals surface area (Å²) in [5.74, 6) is 1.53. The fourth-order valence-electron chi connectivity index (χ4n) is 2.89. The maximum absolute atomic E-state index is 13.3. The van der Waals surface area contributed by atoms with Crippen molar-refractivity contribution >= 4 is 31.7 Å². The monoisotopic (exact) mass is 436 g/mol. The van der Waals surface area contributed by atoms with Crippen molar-refractivity contribution < 1.29 is 22.1 Å². The highest BCUT2D eigenvalue weighted by molar-refractivity contribution is 7.90. The van der Waals surface area contributed by atoms with Gasteiger partial charge in [0.25, 0.3) is 10.0 Å². The van der Waals surface area contributed by atoms with Gasteiger partial charge in [0, 0.05) is 23.9 Å². The molecule has 3 aromatic rings. The van der Waals surface area contributed by atoms with Gasteiger partial charge in [-0.15, -0.1) is 0 Å². The maximum Gasteiger partial charge on any atom is 0.268 e. The molecule has 0 N–H and O–H groups in total. The third kappa shape index (κ3) is 4.31. The summed E-state index contributed by atoms with van der Waals surface area (Å²) in [6.07, 6.45) is 1.45. The zero-order valence-electron chi connectivity index (χ0n) is 16.8. The summed E-state index contributed by atoms with van der Waals surface area (Å²) in [5.41, 5.74) is 0.454. The van der Waals surface area contributed by atoms with E-state index < -0.39 is 20.8 Å². The number of aromatic nitrogens is 1. The van der Waals surface area contributed by atoms with Crippen LogP contribution in [0.25, 0.3) is 10.9 Å². The lowest BCUT2D eigenvalue weighted by Gasteiger charge is -2.08. The second-order valence-corrected chi connectivity index (χ2v) is 10.1. The van der Waals surface area contributed by atoms with E-state index in [0.29, 0.717) is 39.6 Å². The van der Waals surface area contributed by atoms with E-state index in [1.807, 2.05) is 19.0 Å². The largest absolute Gasteiger partial charge is 0.497 e. The van der Waals surface area contributed by atoms with Gasteiger partial charge < -0.3 is 14.4 Å². The molecule has 0 aliphatic carbocycles. The zero-order valence-corrected chi connectivity index (χ0v) is 18.4. The highest BCUT2D eigenvalue weighted by atomic mass is 32.2. The minimum Gasteiger partial charge on any atom is -0.497 e. The van der Waals surface area contributed by atoms with E-state index in [2.05, 4.69) is 0 Å². The number of rotatable bonds is 8. The van der Waals surface area contributed by atoms with Gasteiger partial charge in [-0.05, 0) is 56.6 Å². The lowest BCUT2D eigenvalue weighted by Crippen LogP contribution is -2.19. The number of ether oxygens (including phenoxy) is 2. The van der Waals surface area contributed by atoms with Gasteiger partial charge in [-0.2, -0.15) is 0 Å². The molecular formula is C20H24N2O5S2. The molecule has 1 unspecified atom stereocenters. The van der Waals surface area contributed by atoms with Crippen LogP contribution in [0, 0.1) is 0 Å². The van der Waals surface area contributed by atoms with Crippen molar-refractivity contribution in [1.82, 2.24) is 8.87 Å². The van der Waals surface area contributed by atoms with Crippen molar-refractivity contribution in [1.29, 1.82) is 0 Å². The lowest BCUT2D eigenvalue weighted by atomic mass is 10.2. The first-order valence-electron chi connectivity index (χ1n) is 8.89. The number of methoxy groups -OCH3 is 2.